The Kier molecular flexibility index (Phi) is 4.66. The molecule has 0 fully saturated rings. The predicted octanol–water partition coefficient (Wildman–Crippen LogP) is 6.07. The maximum atomic E-state index is 12.6. The molecule has 0 saturated carbocycles. The van der Waals surface area contributed by atoms with Crippen LogP contribution in [0.1, 0.15) is 18.2 Å². The van der Waals surface area contributed by atoms with Gasteiger partial charge in [-0.15, -0.1) is 0 Å². The lowest BCUT2D eigenvalue weighted by Crippen LogP contribution is -2.03. The third-order valence-corrected chi connectivity index (χ3v) is 4.49. The van der Waals surface area contributed by atoms with Crippen molar-refractivity contribution in [2.45, 2.75) is 29.5 Å². The number of benzene rings is 2. The number of hydrogen-bond acceptors (Lipinski definition) is 3. The molecular weight excluding hydrogens is 335 g/mol. The van der Waals surface area contributed by atoms with Crippen LogP contribution in [0, 0.1) is 0 Å². The predicted molar refractivity (Wildman–Crippen MR) is 86.9 cm³/mol. The Hall–Kier alpha value is -2.21. The third-order valence-electron chi connectivity index (χ3n) is 3.52. The fraction of sp³-hybridized carbons (Fsp3) is 0.167. The highest BCUT2D eigenvalue weighted by Crippen LogP contribution is 2.39. The van der Waals surface area contributed by atoms with Crippen LogP contribution >= 0.6 is 11.8 Å². The minimum Gasteiger partial charge on any atom is -0.349 e. The molecule has 1 heterocycles. The fourth-order valence-corrected chi connectivity index (χ4v) is 3.22. The van der Waals surface area contributed by atoms with Crippen molar-refractivity contribution in [1.29, 1.82) is 0 Å². The standard InChI is InChI=1S/C18H14F3NOS/c1-2-15-16(12-6-4-3-5-7-12)17(23-22-15)24-14-10-8-13(9-11-14)18(19,20)21/h3-11H,2H2,1H3. The Bertz CT molecular complexity index is 811. The third kappa shape index (κ3) is 3.48. The van der Waals surface area contributed by atoms with Gasteiger partial charge in [-0.3, -0.25) is 0 Å². The molecule has 0 amide bonds. The average molecular weight is 349 g/mol. The van der Waals surface area contributed by atoms with Gasteiger partial charge in [0.1, 0.15) is 0 Å². The van der Waals surface area contributed by atoms with Crippen LogP contribution in [0.25, 0.3) is 11.1 Å². The molecule has 1 aromatic heterocycles. The lowest BCUT2D eigenvalue weighted by atomic mass is 10.1. The summed E-state index contributed by atoms with van der Waals surface area (Å²) in [4.78, 5) is 0.666. The van der Waals surface area contributed by atoms with Gasteiger partial charge in [0.05, 0.1) is 16.8 Å². The number of hydrogen-bond donors (Lipinski definition) is 0. The number of rotatable bonds is 4. The molecule has 0 unspecified atom stereocenters. The maximum Gasteiger partial charge on any atom is 0.416 e. The maximum absolute atomic E-state index is 12.6. The molecule has 0 atom stereocenters. The van der Waals surface area contributed by atoms with Gasteiger partial charge < -0.3 is 4.52 Å². The summed E-state index contributed by atoms with van der Waals surface area (Å²) in [5.41, 5.74) is 2.03. The Morgan fingerprint density at radius 3 is 2.25 bits per heavy atom. The fourth-order valence-electron chi connectivity index (χ4n) is 2.32. The number of halogens is 3. The van der Waals surface area contributed by atoms with Gasteiger partial charge in [-0.05, 0) is 48.0 Å². The number of nitrogens with zero attached hydrogens (tertiary/aromatic N) is 1. The molecule has 24 heavy (non-hydrogen) atoms. The van der Waals surface area contributed by atoms with E-state index in [4.69, 9.17) is 4.52 Å². The van der Waals surface area contributed by atoms with Crippen LogP contribution in [0.4, 0.5) is 13.2 Å². The molecule has 2 nitrogen and oxygen atoms in total. The summed E-state index contributed by atoms with van der Waals surface area (Å²) < 4.78 is 43.4. The van der Waals surface area contributed by atoms with Crippen LogP contribution in [0.15, 0.2) is 69.1 Å². The molecule has 124 valence electrons. The van der Waals surface area contributed by atoms with Crippen molar-refractivity contribution in [3.8, 4) is 11.1 Å². The van der Waals surface area contributed by atoms with Crippen molar-refractivity contribution in [1.82, 2.24) is 5.16 Å². The van der Waals surface area contributed by atoms with Crippen LogP contribution in [-0.2, 0) is 12.6 Å². The molecule has 0 aliphatic carbocycles. The van der Waals surface area contributed by atoms with Gasteiger partial charge in [0.2, 0.25) is 5.09 Å². The van der Waals surface area contributed by atoms with E-state index in [9.17, 15) is 13.2 Å². The Labute approximate surface area is 141 Å². The molecular formula is C18H14F3NOS. The molecule has 6 heteroatoms. The molecule has 0 aliphatic rings. The van der Waals surface area contributed by atoms with Crippen LogP contribution in [0.3, 0.4) is 0 Å². The molecule has 0 N–H and O–H groups in total. The van der Waals surface area contributed by atoms with E-state index in [1.165, 1.54) is 23.9 Å². The van der Waals surface area contributed by atoms with Gasteiger partial charge in [0.15, 0.2) is 0 Å². The van der Waals surface area contributed by atoms with Gasteiger partial charge in [-0.25, -0.2) is 0 Å². The molecule has 3 aromatic rings. The minimum atomic E-state index is -4.33. The molecule has 0 bridgehead atoms. The molecule has 0 radical (unpaired) electrons. The summed E-state index contributed by atoms with van der Waals surface area (Å²) >= 11 is 1.27. The van der Waals surface area contributed by atoms with E-state index in [2.05, 4.69) is 5.16 Å². The van der Waals surface area contributed by atoms with Gasteiger partial charge >= 0.3 is 6.18 Å². The van der Waals surface area contributed by atoms with E-state index in [1.807, 2.05) is 37.3 Å². The highest BCUT2D eigenvalue weighted by atomic mass is 32.2. The Morgan fingerprint density at radius 2 is 1.67 bits per heavy atom. The van der Waals surface area contributed by atoms with E-state index in [0.29, 0.717) is 16.4 Å². The second-order valence-electron chi connectivity index (χ2n) is 5.14. The van der Waals surface area contributed by atoms with Crippen LogP contribution in [0.5, 0.6) is 0 Å². The number of aryl methyl sites for hydroxylation is 1. The van der Waals surface area contributed by atoms with Crippen molar-refractivity contribution < 1.29 is 17.7 Å². The van der Waals surface area contributed by atoms with Crippen molar-refractivity contribution in [3.63, 3.8) is 0 Å². The van der Waals surface area contributed by atoms with Gasteiger partial charge in [0, 0.05) is 4.90 Å². The highest BCUT2D eigenvalue weighted by Gasteiger charge is 2.30. The quantitative estimate of drug-likeness (QED) is 0.571. The molecule has 0 saturated heterocycles. The second-order valence-corrected chi connectivity index (χ2v) is 6.18. The first-order chi connectivity index (χ1) is 11.5. The van der Waals surface area contributed by atoms with Crippen molar-refractivity contribution >= 4 is 11.8 Å². The summed E-state index contributed by atoms with van der Waals surface area (Å²) in [6.45, 7) is 1.98. The Balaban J connectivity index is 1.92. The zero-order valence-electron chi connectivity index (χ0n) is 12.8. The molecule has 0 spiro atoms. The first-order valence-corrected chi connectivity index (χ1v) is 8.19. The van der Waals surface area contributed by atoms with Crippen molar-refractivity contribution in [3.05, 3.63) is 65.9 Å². The summed E-state index contributed by atoms with van der Waals surface area (Å²) in [6, 6.07) is 14.7. The van der Waals surface area contributed by atoms with E-state index < -0.39 is 11.7 Å². The molecule has 3 rings (SSSR count). The summed E-state index contributed by atoms with van der Waals surface area (Å²) in [6.07, 6.45) is -3.62. The average Bonchev–Trinajstić information content (AvgIpc) is 2.98. The van der Waals surface area contributed by atoms with Gasteiger partial charge in [0.25, 0.3) is 0 Å². The van der Waals surface area contributed by atoms with Gasteiger partial charge in [-0.1, -0.05) is 42.4 Å². The van der Waals surface area contributed by atoms with Crippen LogP contribution in [-0.4, -0.2) is 5.16 Å². The largest absolute Gasteiger partial charge is 0.416 e. The first kappa shape index (κ1) is 16.6. The van der Waals surface area contributed by atoms with Gasteiger partial charge in [-0.2, -0.15) is 13.2 Å². The van der Waals surface area contributed by atoms with Crippen LogP contribution in [0.2, 0.25) is 0 Å². The van der Waals surface area contributed by atoms with E-state index in [1.54, 1.807) is 0 Å². The monoisotopic (exact) mass is 349 g/mol. The normalized spacial score (nSPS) is 11.7. The Morgan fingerprint density at radius 1 is 1.00 bits per heavy atom. The van der Waals surface area contributed by atoms with Crippen molar-refractivity contribution in [2.24, 2.45) is 0 Å². The summed E-state index contributed by atoms with van der Waals surface area (Å²) in [7, 11) is 0. The minimum absolute atomic E-state index is 0.581. The topological polar surface area (TPSA) is 26.0 Å². The van der Waals surface area contributed by atoms with E-state index in [0.717, 1.165) is 29.0 Å². The van der Waals surface area contributed by atoms with E-state index >= 15 is 0 Å². The lowest BCUT2D eigenvalue weighted by Gasteiger charge is -2.07. The first-order valence-electron chi connectivity index (χ1n) is 7.38. The molecule has 0 aliphatic heterocycles. The summed E-state index contributed by atoms with van der Waals surface area (Å²) in [5.74, 6) is 0. The molecule has 2 aromatic carbocycles. The lowest BCUT2D eigenvalue weighted by molar-refractivity contribution is -0.137. The van der Waals surface area contributed by atoms with Crippen molar-refractivity contribution in [2.75, 3.05) is 0 Å². The SMILES string of the molecule is CCc1noc(Sc2ccc(C(F)(F)F)cc2)c1-c1ccccc1. The number of alkyl halides is 3. The highest BCUT2D eigenvalue weighted by molar-refractivity contribution is 7.99. The zero-order valence-corrected chi connectivity index (χ0v) is 13.6. The second kappa shape index (κ2) is 6.73. The zero-order chi connectivity index (χ0) is 17.2. The van der Waals surface area contributed by atoms with Crippen LogP contribution < -0.4 is 0 Å². The van der Waals surface area contributed by atoms with E-state index in [-0.39, 0.29) is 0 Å². The smallest absolute Gasteiger partial charge is 0.349 e. The number of aromatic nitrogens is 1. The summed E-state index contributed by atoms with van der Waals surface area (Å²) in [5, 5.41) is 4.67.